The Morgan fingerprint density at radius 3 is 2.47 bits per heavy atom. The number of benzene rings is 1. The molecule has 1 aromatic rings. The summed E-state index contributed by atoms with van der Waals surface area (Å²) < 4.78 is 0. The maximum atomic E-state index is 11.8. The first-order valence-electron chi connectivity index (χ1n) is 6.26. The molecule has 0 aliphatic carbocycles. The maximum Gasteiger partial charge on any atom is 0.142 e. The number of ketones is 1. The molecule has 0 radical (unpaired) electrons. The van der Waals surface area contributed by atoms with Gasteiger partial charge in [-0.2, -0.15) is 0 Å². The van der Waals surface area contributed by atoms with Crippen LogP contribution in [0.1, 0.15) is 31.4 Å². The van der Waals surface area contributed by atoms with E-state index < -0.39 is 0 Å². The summed E-state index contributed by atoms with van der Waals surface area (Å²) >= 11 is 0. The van der Waals surface area contributed by atoms with E-state index in [-0.39, 0.29) is 5.41 Å². The Hall–Kier alpha value is -1.31. The Morgan fingerprint density at radius 1 is 1.18 bits per heavy atom. The maximum absolute atomic E-state index is 11.8. The average Bonchev–Trinajstić information content (AvgIpc) is 2.26. The first kappa shape index (κ1) is 12.2. The fourth-order valence-electron chi connectivity index (χ4n) is 2.36. The first-order valence-corrected chi connectivity index (χ1v) is 6.26. The zero-order chi connectivity index (χ0) is 12.6. The van der Waals surface area contributed by atoms with E-state index in [4.69, 9.17) is 0 Å². The molecule has 0 unspecified atom stereocenters. The summed E-state index contributed by atoms with van der Waals surface area (Å²) in [5.41, 5.74) is 3.67. The van der Waals surface area contributed by atoms with E-state index in [2.05, 4.69) is 36.9 Å². The van der Waals surface area contributed by atoms with Gasteiger partial charge >= 0.3 is 0 Å². The highest BCUT2D eigenvalue weighted by atomic mass is 16.1. The molecule has 2 rings (SSSR count). The zero-order valence-corrected chi connectivity index (χ0v) is 11.2. The van der Waals surface area contributed by atoms with Gasteiger partial charge in [0.05, 0.1) is 0 Å². The summed E-state index contributed by atoms with van der Waals surface area (Å²) in [6.45, 7) is 10.0. The summed E-state index contributed by atoms with van der Waals surface area (Å²) in [6, 6.07) is 6.55. The molecule has 17 heavy (non-hydrogen) atoms. The molecule has 1 heterocycles. The van der Waals surface area contributed by atoms with Crippen LogP contribution in [0.4, 0.5) is 5.69 Å². The van der Waals surface area contributed by atoms with Crippen LogP contribution in [0.3, 0.4) is 0 Å². The number of carbonyl (C=O) groups is 1. The van der Waals surface area contributed by atoms with Gasteiger partial charge in [-0.1, -0.05) is 19.9 Å². The fourth-order valence-corrected chi connectivity index (χ4v) is 2.36. The molecule has 0 spiro atoms. The van der Waals surface area contributed by atoms with Gasteiger partial charge in [0.15, 0.2) is 0 Å². The van der Waals surface area contributed by atoms with Crippen molar-refractivity contribution in [3.05, 3.63) is 29.3 Å². The van der Waals surface area contributed by atoms with E-state index in [0.717, 1.165) is 13.1 Å². The third kappa shape index (κ3) is 2.36. The SMILES string of the molecule is Cc1ccc(N2CCC(=O)C(C)(C)C2)cc1C. The van der Waals surface area contributed by atoms with Crippen LogP contribution in [0.25, 0.3) is 0 Å². The molecule has 1 saturated heterocycles. The van der Waals surface area contributed by atoms with Gasteiger partial charge < -0.3 is 4.90 Å². The zero-order valence-electron chi connectivity index (χ0n) is 11.2. The van der Waals surface area contributed by atoms with Crippen molar-refractivity contribution in [2.75, 3.05) is 18.0 Å². The number of carbonyl (C=O) groups excluding carboxylic acids is 1. The van der Waals surface area contributed by atoms with Crippen molar-refractivity contribution >= 4 is 11.5 Å². The van der Waals surface area contributed by atoms with E-state index in [1.807, 2.05) is 13.8 Å². The quantitative estimate of drug-likeness (QED) is 0.740. The van der Waals surface area contributed by atoms with Gasteiger partial charge in [0.1, 0.15) is 5.78 Å². The minimum atomic E-state index is -0.211. The second kappa shape index (κ2) is 4.17. The molecule has 0 saturated carbocycles. The second-order valence-corrected chi connectivity index (χ2v) is 5.75. The Morgan fingerprint density at radius 2 is 1.88 bits per heavy atom. The van der Waals surface area contributed by atoms with Crippen molar-refractivity contribution in [2.24, 2.45) is 5.41 Å². The predicted octanol–water partition coefficient (Wildman–Crippen LogP) is 3.11. The van der Waals surface area contributed by atoms with Gasteiger partial charge in [-0.25, -0.2) is 0 Å². The fraction of sp³-hybridized carbons (Fsp3) is 0.533. The smallest absolute Gasteiger partial charge is 0.142 e. The van der Waals surface area contributed by atoms with Gasteiger partial charge in [0.2, 0.25) is 0 Å². The first-order chi connectivity index (χ1) is 7.90. The Balaban J connectivity index is 2.23. The highest BCUT2D eigenvalue weighted by Gasteiger charge is 2.34. The third-order valence-corrected chi connectivity index (χ3v) is 3.81. The average molecular weight is 231 g/mol. The molecule has 0 aromatic heterocycles. The molecular formula is C15H21NO. The minimum absolute atomic E-state index is 0.211. The van der Waals surface area contributed by atoms with E-state index in [0.29, 0.717) is 12.2 Å². The van der Waals surface area contributed by atoms with Crippen molar-refractivity contribution in [1.82, 2.24) is 0 Å². The predicted molar refractivity (Wildman–Crippen MR) is 71.5 cm³/mol. The largest absolute Gasteiger partial charge is 0.370 e. The van der Waals surface area contributed by atoms with Crippen molar-refractivity contribution in [2.45, 2.75) is 34.1 Å². The Labute approximate surface area is 104 Å². The number of aryl methyl sites for hydroxylation is 2. The molecule has 2 heteroatoms. The highest BCUT2D eigenvalue weighted by molar-refractivity contribution is 5.86. The third-order valence-electron chi connectivity index (χ3n) is 3.81. The molecule has 92 valence electrons. The number of Topliss-reactive ketones (excluding diaryl/α,β-unsaturated/α-hetero) is 1. The molecule has 1 fully saturated rings. The summed E-state index contributed by atoms with van der Waals surface area (Å²) in [5.74, 6) is 0.387. The van der Waals surface area contributed by atoms with E-state index in [1.165, 1.54) is 16.8 Å². The van der Waals surface area contributed by atoms with E-state index >= 15 is 0 Å². The van der Waals surface area contributed by atoms with Crippen molar-refractivity contribution in [3.63, 3.8) is 0 Å². The Kier molecular flexibility index (Phi) is 2.98. The monoisotopic (exact) mass is 231 g/mol. The molecule has 1 aliphatic rings. The van der Waals surface area contributed by atoms with Crippen LogP contribution in [0.2, 0.25) is 0 Å². The molecule has 0 amide bonds. The molecule has 0 bridgehead atoms. The summed E-state index contributed by atoms with van der Waals surface area (Å²) in [6.07, 6.45) is 0.667. The van der Waals surface area contributed by atoms with E-state index in [9.17, 15) is 4.79 Å². The van der Waals surface area contributed by atoms with Crippen LogP contribution in [0, 0.1) is 19.3 Å². The van der Waals surface area contributed by atoms with E-state index in [1.54, 1.807) is 0 Å². The van der Waals surface area contributed by atoms with Crippen LogP contribution in [0.5, 0.6) is 0 Å². The van der Waals surface area contributed by atoms with Crippen LogP contribution < -0.4 is 4.90 Å². The van der Waals surface area contributed by atoms with Crippen molar-refractivity contribution in [3.8, 4) is 0 Å². The van der Waals surface area contributed by atoms with Gasteiger partial charge in [0.25, 0.3) is 0 Å². The molecule has 0 N–H and O–H groups in total. The number of piperidine rings is 1. The standard InChI is InChI=1S/C15H21NO/c1-11-5-6-13(9-12(11)2)16-8-7-14(17)15(3,4)10-16/h5-6,9H,7-8,10H2,1-4H3. The van der Waals surface area contributed by atoms with Crippen molar-refractivity contribution in [1.29, 1.82) is 0 Å². The van der Waals surface area contributed by atoms with Gasteiger partial charge in [-0.3, -0.25) is 4.79 Å². The van der Waals surface area contributed by atoms with Gasteiger partial charge in [-0.05, 0) is 37.1 Å². The lowest BCUT2D eigenvalue weighted by atomic mass is 9.82. The van der Waals surface area contributed by atoms with Crippen LogP contribution in [0.15, 0.2) is 18.2 Å². The second-order valence-electron chi connectivity index (χ2n) is 5.75. The number of hydrogen-bond donors (Lipinski definition) is 0. The van der Waals surface area contributed by atoms with Crippen LogP contribution in [-0.2, 0) is 4.79 Å². The van der Waals surface area contributed by atoms with Crippen LogP contribution >= 0.6 is 0 Å². The topological polar surface area (TPSA) is 20.3 Å². The lowest BCUT2D eigenvalue weighted by Gasteiger charge is -2.38. The molecular weight excluding hydrogens is 210 g/mol. The van der Waals surface area contributed by atoms with Crippen molar-refractivity contribution < 1.29 is 4.79 Å². The number of anilines is 1. The summed E-state index contributed by atoms with van der Waals surface area (Å²) in [4.78, 5) is 14.1. The minimum Gasteiger partial charge on any atom is -0.370 e. The lowest BCUT2D eigenvalue weighted by Crippen LogP contribution is -2.46. The number of hydrogen-bond acceptors (Lipinski definition) is 2. The molecule has 0 atom stereocenters. The lowest BCUT2D eigenvalue weighted by molar-refractivity contribution is -0.127. The normalized spacial score (nSPS) is 19.5. The Bertz CT molecular complexity index is 448. The molecule has 2 nitrogen and oxygen atoms in total. The van der Waals surface area contributed by atoms with Gasteiger partial charge in [-0.15, -0.1) is 0 Å². The number of nitrogens with zero attached hydrogens (tertiary/aromatic N) is 1. The summed E-state index contributed by atoms with van der Waals surface area (Å²) in [5, 5.41) is 0. The van der Waals surface area contributed by atoms with Gasteiger partial charge in [0, 0.05) is 30.6 Å². The summed E-state index contributed by atoms with van der Waals surface area (Å²) in [7, 11) is 0. The molecule has 1 aliphatic heterocycles. The van der Waals surface area contributed by atoms with Crippen LogP contribution in [-0.4, -0.2) is 18.9 Å². The molecule has 1 aromatic carbocycles. The highest BCUT2D eigenvalue weighted by Crippen LogP contribution is 2.29. The number of rotatable bonds is 1.